The summed E-state index contributed by atoms with van der Waals surface area (Å²) in [6.07, 6.45) is -4.14. The maximum Gasteiger partial charge on any atom is 0.453 e. The highest BCUT2D eigenvalue weighted by Gasteiger charge is 2.38. The fraction of sp³-hybridized carbons (Fsp3) is 0.182. The van der Waals surface area contributed by atoms with Gasteiger partial charge in [-0.3, -0.25) is 0 Å². The van der Waals surface area contributed by atoms with E-state index in [9.17, 15) is 13.2 Å². The summed E-state index contributed by atoms with van der Waals surface area (Å²) < 4.78 is 38.7. The van der Waals surface area contributed by atoms with Gasteiger partial charge in [-0.05, 0) is 17.7 Å². The third-order valence-electron chi connectivity index (χ3n) is 2.62. The van der Waals surface area contributed by atoms with Gasteiger partial charge in [0, 0.05) is 12.1 Å². The number of halogens is 3. The molecular formula is C11H8F3N5S. The van der Waals surface area contributed by atoms with Crippen LogP contribution in [-0.2, 0) is 12.6 Å². The van der Waals surface area contributed by atoms with Crippen LogP contribution >= 0.6 is 11.3 Å². The number of hydrogen-bond acceptors (Lipinski definition) is 5. The van der Waals surface area contributed by atoms with E-state index in [1.54, 1.807) is 12.1 Å². The van der Waals surface area contributed by atoms with E-state index in [-0.39, 0.29) is 4.96 Å². The minimum absolute atomic E-state index is 0.128. The first-order valence-electron chi connectivity index (χ1n) is 5.56. The van der Waals surface area contributed by atoms with Crippen LogP contribution < -0.4 is 5.73 Å². The maximum absolute atomic E-state index is 12.7. The second-order valence-electron chi connectivity index (χ2n) is 4.13. The Labute approximate surface area is 114 Å². The van der Waals surface area contributed by atoms with E-state index in [1.807, 2.05) is 12.1 Å². The molecule has 5 nitrogen and oxygen atoms in total. The van der Waals surface area contributed by atoms with Crippen LogP contribution in [0.4, 0.5) is 18.9 Å². The Bertz CT molecular complexity index is 744. The highest BCUT2D eigenvalue weighted by Crippen LogP contribution is 2.29. The molecule has 0 saturated heterocycles. The molecule has 3 aromatic rings. The largest absolute Gasteiger partial charge is 0.453 e. The average molecular weight is 299 g/mol. The number of hydrogen-bond donors (Lipinski definition) is 1. The summed E-state index contributed by atoms with van der Waals surface area (Å²) in [7, 11) is 0. The van der Waals surface area contributed by atoms with Crippen LogP contribution in [-0.4, -0.2) is 19.8 Å². The molecule has 0 aliphatic rings. The van der Waals surface area contributed by atoms with Crippen molar-refractivity contribution in [2.24, 2.45) is 0 Å². The number of nitrogens with two attached hydrogens (primary N) is 1. The number of alkyl halides is 3. The van der Waals surface area contributed by atoms with E-state index in [2.05, 4.69) is 15.3 Å². The highest BCUT2D eigenvalue weighted by molar-refractivity contribution is 7.16. The number of rotatable bonds is 2. The fourth-order valence-electron chi connectivity index (χ4n) is 1.71. The lowest BCUT2D eigenvalue weighted by Crippen LogP contribution is -2.11. The zero-order valence-electron chi connectivity index (χ0n) is 9.92. The third kappa shape index (κ3) is 2.31. The number of anilines is 1. The molecule has 2 aromatic heterocycles. The molecule has 1 aromatic carbocycles. The normalized spacial score (nSPS) is 12.2. The van der Waals surface area contributed by atoms with E-state index in [1.165, 1.54) is 0 Å². The quantitative estimate of drug-likeness (QED) is 0.738. The van der Waals surface area contributed by atoms with Crippen molar-refractivity contribution in [3.05, 3.63) is 40.7 Å². The maximum atomic E-state index is 12.7. The van der Waals surface area contributed by atoms with Gasteiger partial charge in [-0.15, -0.1) is 10.2 Å². The van der Waals surface area contributed by atoms with Crippen molar-refractivity contribution in [1.82, 2.24) is 19.8 Å². The summed E-state index contributed by atoms with van der Waals surface area (Å²) in [4.78, 5) is 0.128. The fourth-order valence-corrected chi connectivity index (χ4v) is 2.58. The van der Waals surface area contributed by atoms with Crippen LogP contribution in [0.1, 0.15) is 16.4 Å². The van der Waals surface area contributed by atoms with Crippen LogP contribution in [0.2, 0.25) is 0 Å². The lowest BCUT2D eigenvalue weighted by Gasteiger charge is -2.00. The molecule has 0 saturated carbocycles. The van der Waals surface area contributed by atoms with Gasteiger partial charge in [0.2, 0.25) is 4.96 Å². The predicted octanol–water partition coefficient (Wildman–Crippen LogP) is 2.38. The van der Waals surface area contributed by atoms with Crippen LogP contribution in [0.5, 0.6) is 0 Å². The third-order valence-corrected chi connectivity index (χ3v) is 3.52. The van der Waals surface area contributed by atoms with Crippen LogP contribution in [0.3, 0.4) is 0 Å². The summed E-state index contributed by atoms with van der Waals surface area (Å²) in [6, 6.07) is 7.08. The van der Waals surface area contributed by atoms with Gasteiger partial charge in [-0.2, -0.15) is 22.8 Å². The van der Waals surface area contributed by atoms with E-state index in [0.29, 0.717) is 17.1 Å². The van der Waals surface area contributed by atoms with Crippen LogP contribution in [0.25, 0.3) is 4.96 Å². The first kappa shape index (κ1) is 12.9. The smallest absolute Gasteiger partial charge is 0.399 e. The van der Waals surface area contributed by atoms with E-state index >= 15 is 0 Å². The zero-order chi connectivity index (χ0) is 14.3. The Morgan fingerprint density at radius 1 is 1.15 bits per heavy atom. The first-order chi connectivity index (χ1) is 9.43. The van der Waals surface area contributed by atoms with Crippen molar-refractivity contribution >= 4 is 22.0 Å². The number of benzene rings is 1. The second-order valence-corrected chi connectivity index (χ2v) is 5.17. The molecular weight excluding hydrogens is 291 g/mol. The van der Waals surface area contributed by atoms with Crippen LogP contribution in [0.15, 0.2) is 24.3 Å². The molecule has 0 bridgehead atoms. The summed E-state index contributed by atoms with van der Waals surface area (Å²) in [5.74, 6) is -1.10. The Balaban J connectivity index is 1.93. The average Bonchev–Trinajstić information content (AvgIpc) is 2.90. The molecule has 0 radical (unpaired) electrons. The lowest BCUT2D eigenvalue weighted by molar-refractivity contribution is -0.146. The monoisotopic (exact) mass is 299 g/mol. The minimum atomic E-state index is -4.56. The summed E-state index contributed by atoms with van der Waals surface area (Å²) in [5.41, 5.74) is 7.12. The molecule has 2 heterocycles. The molecule has 0 spiro atoms. The van der Waals surface area contributed by atoms with Gasteiger partial charge < -0.3 is 5.73 Å². The van der Waals surface area contributed by atoms with Crippen molar-refractivity contribution in [3.63, 3.8) is 0 Å². The molecule has 3 rings (SSSR count). The van der Waals surface area contributed by atoms with Gasteiger partial charge in [-0.1, -0.05) is 23.5 Å². The Morgan fingerprint density at radius 2 is 1.85 bits per heavy atom. The molecule has 0 aliphatic carbocycles. The minimum Gasteiger partial charge on any atom is -0.399 e. The summed E-state index contributed by atoms with van der Waals surface area (Å²) in [6.45, 7) is 0. The Kier molecular flexibility index (Phi) is 2.85. The van der Waals surface area contributed by atoms with Gasteiger partial charge >= 0.3 is 6.18 Å². The number of fused-ring (bicyclic) bond motifs is 1. The van der Waals surface area contributed by atoms with Crippen molar-refractivity contribution in [2.45, 2.75) is 12.6 Å². The van der Waals surface area contributed by atoms with E-state index in [4.69, 9.17) is 5.73 Å². The van der Waals surface area contributed by atoms with Crippen molar-refractivity contribution in [1.29, 1.82) is 0 Å². The molecule has 0 aliphatic heterocycles. The summed E-state index contributed by atoms with van der Waals surface area (Å²) in [5, 5.41) is 11.0. The topological polar surface area (TPSA) is 69.1 Å². The Hall–Kier alpha value is -2.16. The molecule has 20 heavy (non-hydrogen) atoms. The molecule has 0 amide bonds. The van der Waals surface area contributed by atoms with Gasteiger partial charge in [0.15, 0.2) is 0 Å². The van der Waals surface area contributed by atoms with Crippen molar-refractivity contribution in [3.8, 4) is 0 Å². The molecule has 9 heteroatoms. The van der Waals surface area contributed by atoms with Gasteiger partial charge in [-0.25, -0.2) is 0 Å². The van der Waals surface area contributed by atoms with Crippen LogP contribution in [0, 0.1) is 0 Å². The van der Waals surface area contributed by atoms with Gasteiger partial charge in [0.05, 0.1) is 0 Å². The lowest BCUT2D eigenvalue weighted by atomic mass is 10.1. The number of nitrogens with zero attached hydrogens (tertiary/aromatic N) is 4. The molecule has 104 valence electrons. The summed E-state index contributed by atoms with van der Waals surface area (Å²) >= 11 is 1.08. The highest BCUT2D eigenvalue weighted by atomic mass is 32.1. The van der Waals surface area contributed by atoms with Crippen molar-refractivity contribution in [2.75, 3.05) is 5.73 Å². The molecule has 2 N–H and O–H groups in total. The molecule has 0 atom stereocenters. The predicted molar refractivity (Wildman–Crippen MR) is 67.3 cm³/mol. The molecule has 0 fully saturated rings. The standard InChI is InChI=1S/C11H8F3N5S/c12-11(13,14)9-16-17-10-19(9)18-8(20-10)5-6-1-3-7(15)4-2-6/h1-4H,5,15H2. The molecule has 0 unspecified atom stereocenters. The SMILES string of the molecule is Nc1ccc(Cc2nn3c(C(F)(F)F)nnc3s2)cc1. The van der Waals surface area contributed by atoms with Gasteiger partial charge in [0.25, 0.3) is 5.82 Å². The Morgan fingerprint density at radius 3 is 2.50 bits per heavy atom. The number of nitrogen functional groups attached to an aromatic ring is 1. The first-order valence-corrected chi connectivity index (χ1v) is 6.38. The van der Waals surface area contributed by atoms with E-state index < -0.39 is 12.0 Å². The second kappa shape index (κ2) is 4.44. The number of aromatic nitrogens is 4. The van der Waals surface area contributed by atoms with E-state index in [0.717, 1.165) is 21.4 Å². The van der Waals surface area contributed by atoms with Gasteiger partial charge in [0.1, 0.15) is 5.01 Å². The zero-order valence-corrected chi connectivity index (χ0v) is 10.7. The van der Waals surface area contributed by atoms with Crippen molar-refractivity contribution < 1.29 is 13.2 Å².